The van der Waals surface area contributed by atoms with E-state index in [0.29, 0.717) is 0 Å². The van der Waals surface area contributed by atoms with E-state index in [0.717, 1.165) is 36.7 Å². The van der Waals surface area contributed by atoms with Crippen molar-refractivity contribution in [2.45, 2.75) is 13.0 Å². The van der Waals surface area contributed by atoms with Gasteiger partial charge in [-0.25, -0.2) is 4.98 Å². The first-order chi connectivity index (χ1) is 10.7. The smallest absolute Gasteiger partial charge is 0.163 e. The van der Waals surface area contributed by atoms with Crippen molar-refractivity contribution in [1.82, 2.24) is 24.6 Å². The lowest BCUT2D eigenvalue weighted by atomic mass is 10.2. The van der Waals surface area contributed by atoms with E-state index in [1.165, 1.54) is 5.01 Å². The molecule has 1 aromatic carbocycles. The molecule has 0 aliphatic heterocycles. The largest absolute Gasteiger partial charge is 0.313 e. The molecule has 0 atom stereocenters. The minimum Gasteiger partial charge on any atom is -0.313 e. The van der Waals surface area contributed by atoms with Crippen LogP contribution >= 0.6 is 11.3 Å². The molecule has 2 aromatic heterocycles. The third-order valence-electron chi connectivity index (χ3n) is 3.60. The van der Waals surface area contributed by atoms with Gasteiger partial charge in [0.2, 0.25) is 0 Å². The highest BCUT2D eigenvalue weighted by Gasteiger charge is 2.12. The maximum Gasteiger partial charge on any atom is 0.163 e. The summed E-state index contributed by atoms with van der Waals surface area (Å²) in [5.41, 5.74) is 1.09. The molecule has 0 spiro atoms. The molecule has 0 aliphatic carbocycles. The van der Waals surface area contributed by atoms with Crippen molar-refractivity contribution in [3.8, 4) is 11.4 Å². The first-order valence-electron chi connectivity index (χ1n) is 7.24. The van der Waals surface area contributed by atoms with Gasteiger partial charge in [-0.3, -0.25) is 4.90 Å². The van der Waals surface area contributed by atoms with E-state index in [4.69, 9.17) is 0 Å². The fraction of sp³-hybridized carbons (Fsp3) is 0.312. The van der Waals surface area contributed by atoms with Gasteiger partial charge in [-0.15, -0.1) is 21.5 Å². The second-order valence-corrected chi connectivity index (χ2v) is 6.26. The zero-order chi connectivity index (χ0) is 15.4. The Bertz CT molecular complexity index is 705. The number of hydrogen-bond donors (Lipinski definition) is 0. The van der Waals surface area contributed by atoms with E-state index in [-0.39, 0.29) is 0 Å². The Labute approximate surface area is 134 Å². The van der Waals surface area contributed by atoms with Gasteiger partial charge in [0.05, 0.1) is 11.6 Å². The second-order valence-electron chi connectivity index (χ2n) is 5.28. The molecule has 0 radical (unpaired) electrons. The Hall–Kier alpha value is -2.05. The lowest BCUT2D eigenvalue weighted by Crippen LogP contribution is -2.22. The quantitative estimate of drug-likeness (QED) is 0.702. The second kappa shape index (κ2) is 6.81. The van der Waals surface area contributed by atoms with Crippen molar-refractivity contribution in [3.05, 3.63) is 52.7 Å². The fourth-order valence-electron chi connectivity index (χ4n) is 2.32. The molecule has 0 saturated heterocycles. The van der Waals surface area contributed by atoms with Crippen molar-refractivity contribution < 1.29 is 0 Å². The molecule has 3 rings (SSSR count). The molecule has 0 unspecified atom stereocenters. The predicted molar refractivity (Wildman–Crippen MR) is 88.6 cm³/mol. The number of benzene rings is 1. The van der Waals surface area contributed by atoms with Crippen LogP contribution in [-0.2, 0) is 20.0 Å². The van der Waals surface area contributed by atoms with E-state index < -0.39 is 0 Å². The highest BCUT2D eigenvalue weighted by atomic mass is 32.1. The van der Waals surface area contributed by atoms with Gasteiger partial charge in [-0.1, -0.05) is 30.3 Å². The highest BCUT2D eigenvalue weighted by molar-refractivity contribution is 7.09. The molecule has 5 nitrogen and oxygen atoms in total. The summed E-state index contributed by atoms with van der Waals surface area (Å²) in [6.45, 7) is 1.74. The Balaban J connectivity index is 1.64. The maximum atomic E-state index is 4.34. The third-order valence-corrected chi connectivity index (χ3v) is 4.44. The van der Waals surface area contributed by atoms with Gasteiger partial charge in [-0.05, 0) is 7.05 Å². The van der Waals surface area contributed by atoms with Crippen LogP contribution < -0.4 is 0 Å². The van der Waals surface area contributed by atoms with Crippen molar-refractivity contribution in [2.75, 3.05) is 13.6 Å². The molecule has 0 N–H and O–H groups in total. The molecule has 22 heavy (non-hydrogen) atoms. The number of hydrogen-bond acceptors (Lipinski definition) is 5. The lowest BCUT2D eigenvalue weighted by Gasteiger charge is -2.15. The predicted octanol–water partition coefficient (Wildman–Crippen LogP) is 2.61. The van der Waals surface area contributed by atoms with Crippen molar-refractivity contribution in [1.29, 1.82) is 0 Å². The first kappa shape index (κ1) is 14.9. The molecular weight excluding hydrogens is 294 g/mol. The van der Waals surface area contributed by atoms with Crippen LogP contribution in [0.25, 0.3) is 11.4 Å². The monoisotopic (exact) mass is 313 g/mol. The fourth-order valence-corrected chi connectivity index (χ4v) is 2.93. The van der Waals surface area contributed by atoms with Crippen LogP contribution in [0.2, 0.25) is 0 Å². The summed E-state index contributed by atoms with van der Waals surface area (Å²) >= 11 is 1.70. The van der Waals surface area contributed by atoms with Gasteiger partial charge in [0.25, 0.3) is 0 Å². The van der Waals surface area contributed by atoms with Crippen LogP contribution in [0.1, 0.15) is 10.8 Å². The maximum absolute atomic E-state index is 4.34. The van der Waals surface area contributed by atoms with Gasteiger partial charge >= 0.3 is 0 Å². The zero-order valence-electron chi connectivity index (χ0n) is 12.8. The zero-order valence-corrected chi connectivity index (χ0v) is 13.6. The van der Waals surface area contributed by atoms with Gasteiger partial charge in [-0.2, -0.15) is 0 Å². The average molecular weight is 313 g/mol. The van der Waals surface area contributed by atoms with E-state index in [1.54, 1.807) is 11.3 Å². The van der Waals surface area contributed by atoms with Crippen LogP contribution in [0.5, 0.6) is 0 Å². The van der Waals surface area contributed by atoms with Crippen molar-refractivity contribution >= 4 is 11.3 Å². The average Bonchev–Trinajstić information content (AvgIpc) is 3.17. The first-order valence-corrected chi connectivity index (χ1v) is 8.12. The van der Waals surface area contributed by atoms with E-state index in [2.05, 4.69) is 43.8 Å². The van der Waals surface area contributed by atoms with Gasteiger partial charge in [0, 0.05) is 37.2 Å². The van der Waals surface area contributed by atoms with Crippen LogP contribution in [0.15, 0.2) is 41.9 Å². The number of thiazole rings is 1. The summed E-state index contributed by atoms with van der Waals surface area (Å²) in [5.74, 6) is 1.88. The Morgan fingerprint density at radius 1 is 1.18 bits per heavy atom. The van der Waals surface area contributed by atoms with Gasteiger partial charge in [0.1, 0.15) is 5.82 Å². The van der Waals surface area contributed by atoms with Crippen LogP contribution in [0.3, 0.4) is 0 Å². The molecule has 0 bridgehead atoms. The minimum atomic E-state index is 0.779. The number of likely N-dealkylation sites (N-methyl/N-ethyl adjacent to an activating group) is 1. The summed E-state index contributed by atoms with van der Waals surface area (Å²) in [7, 11) is 4.12. The molecule has 3 aromatic rings. The topological polar surface area (TPSA) is 46.8 Å². The number of rotatable bonds is 6. The number of nitrogens with zero attached hydrogens (tertiary/aromatic N) is 5. The van der Waals surface area contributed by atoms with Crippen LogP contribution in [0, 0.1) is 0 Å². The Morgan fingerprint density at radius 3 is 2.73 bits per heavy atom. The van der Waals surface area contributed by atoms with Gasteiger partial charge < -0.3 is 4.57 Å². The summed E-state index contributed by atoms with van der Waals surface area (Å²) in [6.07, 6.45) is 2.83. The van der Waals surface area contributed by atoms with E-state index >= 15 is 0 Å². The molecule has 0 saturated carbocycles. The molecule has 0 aliphatic rings. The van der Waals surface area contributed by atoms with E-state index in [9.17, 15) is 0 Å². The molecule has 2 heterocycles. The Kier molecular flexibility index (Phi) is 4.60. The summed E-state index contributed by atoms with van der Waals surface area (Å²) in [5, 5.41) is 11.9. The van der Waals surface area contributed by atoms with Crippen molar-refractivity contribution in [3.63, 3.8) is 0 Å². The Morgan fingerprint density at radius 2 is 2.00 bits per heavy atom. The molecule has 0 amide bonds. The molecule has 114 valence electrons. The summed E-state index contributed by atoms with van der Waals surface area (Å²) < 4.78 is 2.06. The SMILES string of the molecule is CN(CCc1nccs1)Cc1nnc(-c2ccccc2)n1C. The third kappa shape index (κ3) is 3.40. The highest BCUT2D eigenvalue weighted by Crippen LogP contribution is 2.17. The summed E-state index contributed by atoms with van der Waals surface area (Å²) in [4.78, 5) is 6.57. The molecule has 6 heteroatoms. The standard InChI is InChI=1S/C16H19N5S/c1-20(10-8-15-17-9-11-22-15)12-14-18-19-16(21(14)2)13-6-4-3-5-7-13/h3-7,9,11H,8,10,12H2,1-2H3. The molecular formula is C16H19N5S. The van der Waals surface area contributed by atoms with Gasteiger partial charge in [0.15, 0.2) is 5.82 Å². The van der Waals surface area contributed by atoms with Crippen LogP contribution in [0.4, 0.5) is 0 Å². The van der Waals surface area contributed by atoms with Crippen molar-refractivity contribution in [2.24, 2.45) is 7.05 Å². The summed E-state index contributed by atoms with van der Waals surface area (Å²) in [6, 6.07) is 10.2. The normalized spacial score (nSPS) is 11.2. The van der Waals surface area contributed by atoms with Crippen LogP contribution in [-0.4, -0.2) is 38.2 Å². The number of aromatic nitrogens is 4. The van der Waals surface area contributed by atoms with E-state index in [1.807, 2.05) is 36.8 Å². The molecule has 0 fully saturated rings. The lowest BCUT2D eigenvalue weighted by molar-refractivity contribution is 0.318. The minimum absolute atomic E-state index is 0.779.